The van der Waals surface area contributed by atoms with Crippen LogP contribution in [0.15, 0.2) is 36.7 Å². The summed E-state index contributed by atoms with van der Waals surface area (Å²) in [5.74, 6) is 0.795. The highest BCUT2D eigenvalue weighted by Crippen LogP contribution is 2.22. The van der Waals surface area contributed by atoms with E-state index in [0.29, 0.717) is 12.3 Å². The molecule has 1 unspecified atom stereocenters. The van der Waals surface area contributed by atoms with E-state index in [0.717, 1.165) is 17.0 Å². The first-order valence-electron chi connectivity index (χ1n) is 5.90. The van der Waals surface area contributed by atoms with Crippen molar-refractivity contribution in [1.29, 1.82) is 0 Å². The molecule has 1 N–H and O–H groups in total. The number of aryl methyl sites for hydroxylation is 1. The molecule has 4 heteroatoms. The smallest absolute Gasteiger partial charge is 0.123 e. The van der Waals surface area contributed by atoms with Crippen molar-refractivity contribution in [3.8, 4) is 5.75 Å². The maximum atomic E-state index is 10.2. The molecule has 2 rings (SSSR count). The molecule has 1 aromatic carbocycles. The third kappa shape index (κ3) is 2.84. The van der Waals surface area contributed by atoms with Gasteiger partial charge in [-0.2, -0.15) is 0 Å². The Morgan fingerprint density at radius 2 is 1.89 bits per heavy atom. The molecule has 0 fully saturated rings. The Balaban J connectivity index is 2.17. The number of aliphatic hydroxyl groups excluding tert-OH is 1. The Morgan fingerprint density at radius 3 is 2.44 bits per heavy atom. The van der Waals surface area contributed by atoms with Gasteiger partial charge in [-0.1, -0.05) is 12.1 Å². The van der Waals surface area contributed by atoms with Crippen LogP contribution in [0, 0.1) is 6.92 Å². The molecule has 2 aromatic rings. The van der Waals surface area contributed by atoms with Gasteiger partial charge in [-0.25, -0.2) is 0 Å². The lowest BCUT2D eigenvalue weighted by Crippen LogP contribution is -2.03. The molecule has 94 valence electrons. The molecule has 0 aliphatic heterocycles. The summed E-state index contributed by atoms with van der Waals surface area (Å²) in [5, 5.41) is 10.2. The minimum Gasteiger partial charge on any atom is -0.494 e. The molecular formula is C14H16N2O2. The molecule has 4 nitrogen and oxygen atoms in total. The topological polar surface area (TPSA) is 55.2 Å². The third-order valence-electron chi connectivity index (χ3n) is 2.59. The molecule has 0 aliphatic rings. The minimum absolute atomic E-state index is 0.546. The molecule has 0 bridgehead atoms. The lowest BCUT2D eigenvalue weighted by Gasteiger charge is -2.11. The van der Waals surface area contributed by atoms with Gasteiger partial charge in [-0.3, -0.25) is 9.97 Å². The Labute approximate surface area is 106 Å². The van der Waals surface area contributed by atoms with Gasteiger partial charge in [0.15, 0.2) is 0 Å². The summed E-state index contributed by atoms with van der Waals surface area (Å²) in [4.78, 5) is 8.30. The van der Waals surface area contributed by atoms with Crippen LogP contribution in [0.25, 0.3) is 0 Å². The first-order chi connectivity index (χ1) is 8.70. The number of hydrogen-bond donors (Lipinski definition) is 1. The van der Waals surface area contributed by atoms with Crippen molar-refractivity contribution in [2.45, 2.75) is 20.0 Å². The number of rotatable bonds is 4. The molecule has 18 heavy (non-hydrogen) atoms. The Kier molecular flexibility index (Phi) is 3.89. The van der Waals surface area contributed by atoms with E-state index < -0.39 is 6.10 Å². The van der Waals surface area contributed by atoms with Crippen LogP contribution in [0.4, 0.5) is 0 Å². The summed E-state index contributed by atoms with van der Waals surface area (Å²) in [5.41, 5.74) is 2.15. The average Bonchev–Trinajstić information content (AvgIpc) is 2.40. The number of hydrogen-bond acceptors (Lipinski definition) is 4. The highest BCUT2D eigenvalue weighted by atomic mass is 16.5. The molecule has 0 saturated heterocycles. The Hall–Kier alpha value is -1.94. The van der Waals surface area contributed by atoms with Gasteiger partial charge in [0.25, 0.3) is 0 Å². The monoisotopic (exact) mass is 244 g/mol. The van der Waals surface area contributed by atoms with Gasteiger partial charge >= 0.3 is 0 Å². The normalized spacial score (nSPS) is 12.2. The zero-order valence-corrected chi connectivity index (χ0v) is 10.5. The number of benzene rings is 1. The van der Waals surface area contributed by atoms with Gasteiger partial charge in [0, 0.05) is 6.20 Å². The lowest BCUT2D eigenvalue weighted by molar-refractivity contribution is 0.214. The predicted octanol–water partition coefficient (Wildman–Crippen LogP) is 2.27. The lowest BCUT2D eigenvalue weighted by atomic mass is 10.1. The number of aromatic nitrogens is 2. The van der Waals surface area contributed by atoms with E-state index in [9.17, 15) is 5.11 Å². The molecule has 0 saturated carbocycles. The summed E-state index contributed by atoms with van der Waals surface area (Å²) in [6.07, 6.45) is 2.48. The van der Waals surface area contributed by atoms with Crippen LogP contribution in [0.2, 0.25) is 0 Å². The van der Waals surface area contributed by atoms with E-state index in [4.69, 9.17) is 4.74 Å². The fraction of sp³-hybridized carbons (Fsp3) is 0.286. The Morgan fingerprint density at radius 1 is 1.17 bits per heavy atom. The van der Waals surface area contributed by atoms with Crippen molar-refractivity contribution >= 4 is 0 Å². The van der Waals surface area contributed by atoms with Crippen molar-refractivity contribution in [2.24, 2.45) is 0 Å². The number of nitrogens with zero attached hydrogens (tertiary/aromatic N) is 2. The van der Waals surface area contributed by atoms with Crippen LogP contribution in [0.3, 0.4) is 0 Å². The van der Waals surface area contributed by atoms with Gasteiger partial charge < -0.3 is 9.84 Å². The largest absolute Gasteiger partial charge is 0.494 e. The fourth-order valence-corrected chi connectivity index (χ4v) is 1.63. The standard InChI is InChI=1S/C14H16N2O2/c1-3-18-12-6-4-11(5-7-12)14(17)13-9-15-10(2)8-16-13/h4-9,14,17H,3H2,1-2H3. The van der Waals surface area contributed by atoms with Crippen LogP contribution in [-0.4, -0.2) is 21.7 Å². The minimum atomic E-state index is -0.756. The van der Waals surface area contributed by atoms with Gasteiger partial charge in [0.1, 0.15) is 11.9 Å². The van der Waals surface area contributed by atoms with Crippen LogP contribution >= 0.6 is 0 Å². The van der Waals surface area contributed by atoms with Crippen molar-refractivity contribution < 1.29 is 9.84 Å². The summed E-state index contributed by atoms with van der Waals surface area (Å²) in [7, 11) is 0. The van der Waals surface area contributed by atoms with Crippen LogP contribution in [-0.2, 0) is 0 Å². The van der Waals surface area contributed by atoms with Crippen LogP contribution in [0.5, 0.6) is 5.75 Å². The van der Waals surface area contributed by atoms with Crippen molar-refractivity contribution in [2.75, 3.05) is 6.61 Å². The first kappa shape index (κ1) is 12.5. The first-order valence-corrected chi connectivity index (χ1v) is 5.90. The average molecular weight is 244 g/mol. The van der Waals surface area contributed by atoms with Crippen molar-refractivity contribution in [1.82, 2.24) is 9.97 Å². The zero-order chi connectivity index (χ0) is 13.0. The van der Waals surface area contributed by atoms with E-state index in [1.54, 1.807) is 12.4 Å². The number of ether oxygens (including phenoxy) is 1. The molecule has 0 spiro atoms. The quantitative estimate of drug-likeness (QED) is 0.896. The summed E-state index contributed by atoms with van der Waals surface area (Å²) < 4.78 is 5.35. The Bertz CT molecular complexity index is 494. The second kappa shape index (κ2) is 5.60. The molecule has 1 heterocycles. The number of aliphatic hydroxyl groups is 1. The van der Waals surface area contributed by atoms with Crippen LogP contribution in [0.1, 0.15) is 30.0 Å². The van der Waals surface area contributed by atoms with Crippen molar-refractivity contribution in [3.63, 3.8) is 0 Å². The highest BCUT2D eigenvalue weighted by Gasteiger charge is 2.12. The van der Waals surface area contributed by atoms with Gasteiger partial charge in [0.2, 0.25) is 0 Å². The summed E-state index contributed by atoms with van der Waals surface area (Å²) in [6.45, 7) is 4.43. The fourth-order valence-electron chi connectivity index (χ4n) is 1.63. The SMILES string of the molecule is CCOc1ccc(C(O)c2cnc(C)cn2)cc1. The second-order valence-electron chi connectivity index (χ2n) is 3.99. The van der Waals surface area contributed by atoms with E-state index >= 15 is 0 Å². The molecule has 0 radical (unpaired) electrons. The highest BCUT2D eigenvalue weighted by molar-refractivity contribution is 5.31. The van der Waals surface area contributed by atoms with E-state index in [2.05, 4.69) is 9.97 Å². The van der Waals surface area contributed by atoms with Gasteiger partial charge in [-0.05, 0) is 31.5 Å². The summed E-state index contributed by atoms with van der Waals surface area (Å²) >= 11 is 0. The van der Waals surface area contributed by atoms with Crippen molar-refractivity contribution in [3.05, 3.63) is 53.6 Å². The maximum absolute atomic E-state index is 10.2. The zero-order valence-electron chi connectivity index (χ0n) is 10.5. The molecule has 1 atom stereocenters. The summed E-state index contributed by atoms with van der Waals surface area (Å²) in [6, 6.07) is 7.34. The van der Waals surface area contributed by atoms with E-state index in [-0.39, 0.29) is 0 Å². The predicted molar refractivity (Wildman–Crippen MR) is 68.4 cm³/mol. The van der Waals surface area contributed by atoms with Gasteiger partial charge in [0.05, 0.1) is 24.2 Å². The van der Waals surface area contributed by atoms with Gasteiger partial charge in [-0.15, -0.1) is 0 Å². The maximum Gasteiger partial charge on any atom is 0.123 e. The van der Waals surface area contributed by atoms with E-state index in [1.165, 1.54) is 0 Å². The molecule has 0 amide bonds. The molecular weight excluding hydrogens is 228 g/mol. The second-order valence-corrected chi connectivity index (χ2v) is 3.99. The van der Waals surface area contributed by atoms with Crippen LogP contribution < -0.4 is 4.74 Å². The molecule has 0 aliphatic carbocycles. The van der Waals surface area contributed by atoms with E-state index in [1.807, 2.05) is 38.1 Å². The third-order valence-corrected chi connectivity index (χ3v) is 2.59. The molecule has 1 aromatic heterocycles.